The van der Waals surface area contributed by atoms with Crippen LogP contribution in [0, 0.1) is 6.92 Å². The van der Waals surface area contributed by atoms with Crippen molar-refractivity contribution in [1.82, 2.24) is 19.5 Å². The van der Waals surface area contributed by atoms with Gasteiger partial charge in [-0.2, -0.15) is 9.47 Å². The highest BCUT2D eigenvalue weighted by atomic mass is 32.2. The molecule has 0 aromatic carbocycles. The van der Waals surface area contributed by atoms with Crippen molar-refractivity contribution in [2.24, 2.45) is 7.05 Å². The van der Waals surface area contributed by atoms with Gasteiger partial charge in [-0.15, -0.1) is 23.5 Å². The van der Waals surface area contributed by atoms with Crippen molar-refractivity contribution < 1.29 is 4.79 Å². The molecule has 0 aliphatic rings. The summed E-state index contributed by atoms with van der Waals surface area (Å²) in [7, 11) is 1.90. The van der Waals surface area contributed by atoms with Gasteiger partial charge >= 0.3 is 0 Å². The van der Waals surface area contributed by atoms with E-state index in [1.54, 1.807) is 18.0 Å². The molecule has 21 heavy (non-hydrogen) atoms. The molecule has 8 heteroatoms. The van der Waals surface area contributed by atoms with Crippen LogP contribution in [-0.4, -0.2) is 32.6 Å². The zero-order chi connectivity index (χ0) is 15.6. The number of rotatable bonds is 5. The van der Waals surface area contributed by atoms with E-state index in [0.29, 0.717) is 5.56 Å². The van der Waals surface area contributed by atoms with E-state index < -0.39 is 0 Å². The maximum atomic E-state index is 12.6. The normalized spacial score (nSPS) is 12.4. The molecule has 1 N–H and O–H groups in total. The average Bonchev–Trinajstić information content (AvgIpc) is 3.03. The Morgan fingerprint density at radius 1 is 1.43 bits per heavy atom. The van der Waals surface area contributed by atoms with Crippen LogP contribution in [0.2, 0.25) is 0 Å². The number of aryl methyl sites for hydroxylation is 1. The average molecular weight is 343 g/mol. The fourth-order valence-corrected chi connectivity index (χ4v) is 4.30. The van der Waals surface area contributed by atoms with Crippen LogP contribution in [0.15, 0.2) is 15.4 Å². The number of hydrogen-bond acceptors (Lipinski definition) is 6. The van der Waals surface area contributed by atoms with Crippen LogP contribution in [0.4, 0.5) is 0 Å². The highest BCUT2D eigenvalue weighted by molar-refractivity contribution is 8.01. The van der Waals surface area contributed by atoms with E-state index in [4.69, 9.17) is 0 Å². The summed E-state index contributed by atoms with van der Waals surface area (Å²) in [5.74, 6) is -0.0757. The van der Waals surface area contributed by atoms with Crippen LogP contribution >= 0.6 is 35.1 Å². The molecule has 2 aromatic rings. The van der Waals surface area contributed by atoms with Gasteiger partial charge in [0, 0.05) is 18.3 Å². The fraction of sp³-hybridized carbons (Fsp3) is 0.462. The molecule has 2 aromatic heterocycles. The van der Waals surface area contributed by atoms with E-state index in [0.717, 1.165) is 20.5 Å². The molecule has 0 fully saturated rings. The molecule has 1 unspecified atom stereocenters. The van der Waals surface area contributed by atoms with Crippen molar-refractivity contribution >= 4 is 41.0 Å². The largest absolute Gasteiger partial charge is 0.345 e. The van der Waals surface area contributed by atoms with E-state index in [-0.39, 0.29) is 11.9 Å². The predicted molar refractivity (Wildman–Crippen MR) is 89.5 cm³/mol. The standard InChI is InChI=1S/C13H18N4OS3/c1-7(9-6-14-17(3)8(9)2)15-11(18)10-12(19-4)16-21-13(10)20-5/h6-7H,1-5H3,(H,15,18). The molecule has 0 saturated carbocycles. The lowest BCUT2D eigenvalue weighted by molar-refractivity contribution is 0.0934. The van der Waals surface area contributed by atoms with Crippen molar-refractivity contribution in [3.8, 4) is 0 Å². The quantitative estimate of drug-likeness (QED) is 0.846. The molecule has 0 saturated heterocycles. The topological polar surface area (TPSA) is 59.8 Å². The second kappa shape index (κ2) is 6.85. The van der Waals surface area contributed by atoms with Crippen molar-refractivity contribution in [1.29, 1.82) is 0 Å². The van der Waals surface area contributed by atoms with Crippen molar-refractivity contribution in [3.05, 3.63) is 23.0 Å². The molecular formula is C13H18N4OS3. The summed E-state index contributed by atoms with van der Waals surface area (Å²) in [6, 6.07) is -0.0875. The summed E-state index contributed by atoms with van der Waals surface area (Å²) in [4.78, 5) is 12.6. The summed E-state index contributed by atoms with van der Waals surface area (Å²) < 4.78 is 7.10. The lowest BCUT2D eigenvalue weighted by atomic mass is 10.1. The first-order valence-corrected chi connectivity index (χ1v) is 9.58. The number of aromatic nitrogens is 3. The van der Waals surface area contributed by atoms with Gasteiger partial charge in [0.15, 0.2) is 0 Å². The molecule has 0 spiro atoms. The summed E-state index contributed by atoms with van der Waals surface area (Å²) >= 11 is 4.43. The van der Waals surface area contributed by atoms with E-state index in [1.807, 2.05) is 38.1 Å². The highest BCUT2D eigenvalue weighted by Gasteiger charge is 2.22. The molecular weight excluding hydrogens is 324 g/mol. The first-order chi connectivity index (χ1) is 9.99. The molecule has 1 atom stereocenters. The van der Waals surface area contributed by atoms with Gasteiger partial charge in [0.05, 0.1) is 22.0 Å². The summed E-state index contributed by atoms with van der Waals surface area (Å²) in [6.45, 7) is 3.97. The van der Waals surface area contributed by atoms with Crippen molar-refractivity contribution in [2.45, 2.75) is 29.1 Å². The minimum atomic E-state index is -0.0875. The van der Waals surface area contributed by atoms with Crippen LogP contribution in [0.3, 0.4) is 0 Å². The number of thioether (sulfide) groups is 2. The smallest absolute Gasteiger partial charge is 0.256 e. The minimum absolute atomic E-state index is 0.0757. The molecule has 0 radical (unpaired) electrons. The summed E-state index contributed by atoms with van der Waals surface area (Å²) in [5.41, 5.74) is 2.78. The Morgan fingerprint density at radius 2 is 2.14 bits per heavy atom. The van der Waals surface area contributed by atoms with E-state index in [1.165, 1.54) is 23.3 Å². The maximum absolute atomic E-state index is 12.6. The van der Waals surface area contributed by atoms with Crippen molar-refractivity contribution in [2.75, 3.05) is 12.5 Å². The lowest BCUT2D eigenvalue weighted by Gasteiger charge is -2.14. The van der Waals surface area contributed by atoms with E-state index in [9.17, 15) is 4.79 Å². The monoisotopic (exact) mass is 342 g/mol. The Bertz CT molecular complexity index is 628. The van der Waals surface area contributed by atoms with Crippen LogP contribution in [0.5, 0.6) is 0 Å². The van der Waals surface area contributed by atoms with Crippen LogP contribution in [0.1, 0.15) is 34.6 Å². The third-order valence-electron chi connectivity index (χ3n) is 3.32. The number of carbonyl (C=O) groups is 1. The van der Waals surface area contributed by atoms with Crippen LogP contribution in [-0.2, 0) is 7.05 Å². The second-order valence-electron chi connectivity index (χ2n) is 4.56. The third kappa shape index (κ3) is 3.27. The van der Waals surface area contributed by atoms with Gasteiger partial charge < -0.3 is 5.32 Å². The Kier molecular flexibility index (Phi) is 5.34. The zero-order valence-electron chi connectivity index (χ0n) is 12.6. The van der Waals surface area contributed by atoms with Gasteiger partial charge in [0.2, 0.25) is 0 Å². The second-order valence-corrected chi connectivity index (χ2v) is 7.21. The van der Waals surface area contributed by atoms with Gasteiger partial charge in [0.1, 0.15) is 5.03 Å². The van der Waals surface area contributed by atoms with Crippen LogP contribution < -0.4 is 5.32 Å². The fourth-order valence-electron chi connectivity index (χ4n) is 2.02. The highest BCUT2D eigenvalue weighted by Crippen LogP contribution is 2.33. The Balaban J connectivity index is 2.22. The molecule has 0 bridgehead atoms. The molecule has 0 aliphatic heterocycles. The van der Waals surface area contributed by atoms with Gasteiger partial charge in [0.25, 0.3) is 5.91 Å². The van der Waals surface area contributed by atoms with Crippen LogP contribution in [0.25, 0.3) is 0 Å². The Morgan fingerprint density at radius 3 is 2.67 bits per heavy atom. The number of nitrogens with one attached hydrogen (secondary N) is 1. The molecule has 2 heterocycles. The van der Waals surface area contributed by atoms with Gasteiger partial charge in [-0.25, -0.2) is 0 Å². The predicted octanol–water partition coefficient (Wildman–Crippen LogP) is 3.12. The first-order valence-electron chi connectivity index (χ1n) is 6.36. The zero-order valence-corrected chi connectivity index (χ0v) is 15.1. The first kappa shape index (κ1) is 16.4. The Hall–Kier alpha value is -0.990. The van der Waals surface area contributed by atoms with Gasteiger partial charge in [-0.1, -0.05) is 0 Å². The molecule has 0 aliphatic carbocycles. The SMILES string of the molecule is CSc1nsc(SC)c1C(=O)NC(C)c1cnn(C)c1C. The third-order valence-corrected chi connectivity index (χ3v) is 6.06. The van der Waals surface area contributed by atoms with E-state index in [2.05, 4.69) is 14.8 Å². The molecule has 2 rings (SSSR count). The minimum Gasteiger partial charge on any atom is -0.345 e. The van der Waals surface area contributed by atoms with Crippen molar-refractivity contribution in [3.63, 3.8) is 0 Å². The Labute approximate surface area is 137 Å². The number of hydrogen-bond donors (Lipinski definition) is 1. The van der Waals surface area contributed by atoms with E-state index >= 15 is 0 Å². The number of nitrogens with zero attached hydrogens (tertiary/aromatic N) is 3. The van der Waals surface area contributed by atoms with Gasteiger partial charge in [-0.05, 0) is 37.9 Å². The van der Waals surface area contributed by atoms with Gasteiger partial charge in [-0.3, -0.25) is 9.48 Å². The molecule has 1 amide bonds. The summed E-state index contributed by atoms with van der Waals surface area (Å²) in [5, 5.41) is 8.06. The number of carbonyl (C=O) groups excluding carboxylic acids is 1. The number of amides is 1. The maximum Gasteiger partial charge on any atom is 0.256 e. The summed E-state index contributed by atoms with van der Waals surface area (Å²) in [6.07, 6.45) is 5.70. The molecule has 114 valence electrons. The lowest BCUT2D eigenvalue weighted by Crippen LogP contribution is -2.27. The molecule has 5 nitrogen and oxygen atoms in total.